The molecule has 0 heterocycles. The fourth-order valence-corrected chi connectivity index (χ4v) is 3.24. The van der Waals surface area contributed by atoms with Crippen LogP contribution in [0.5, 0.6) is 0 Å². The van der Waals surface area contributed by atoms with Crippen molar-refractivity contribution in [2.45, 2.75) is 18.4 Å². The SMILES string of the molecule is NCCCCOC(c1ccccc1)(c1ccccc1)c1ccccc1. The first kappa shape index (κ1) is 17.4. The maximum Gasteiger partial charge on any atom is 0.143 e. The molecule has 0 bridgehead atoms. The highest BCUT2D eigenvalue weighted by Crippen LogP contribution is 2.40. The lowest BCUT2D eigenvalue weighted by molar-refractivity contribution is 0.0111. The van der Waals surface area contributed by atoms with Crippen LogP contribution in [0.4, 0.5) is 0 Å². The minimum absolute atomic E-state index is 0.613. The summed E-state index contributed by atoms with van der Waals surface area (Å²) in [6, 6.07) is 31.4. The first-order valence-electron chi connectivity index (χ1n) is 8.88. The standard InChI is InChI=1S/C23H25NO/c24-18-10-11-19-25-23(20-12-4-1-5-13-20,21-14-6-2-7-15-21)22-16-8-3-9-17-22/h1-9,12-17H,10-11,18-19,24H2. The van der Waals surface area contributed by atoms with Crippen molar-refractivity contribution in [1.29, 1.82) is 0 Å². The van der Waals surface area contributed by atoms with Gasteiger partial charge in [-0.1, -0.05) is 91.0 Å². The molecule has 25 heavy (non-hydrogen) atoms. The van der Waals surface area contributed by atoms with Crippen LogP contribution in [0.15, 0.2) is 91.0 Å². The normalized spacial score (nSPS) is 11.4. The summed E-state index contributed by atoms with van der Waals surface area (Å²) in [5, 5.41) is 0. The second-order valence-electron chi connectivity index (χ2n) is 6.12. The number of benzene rings is 3. The van der Waals surface area contributed by atoms with Crippen molar-refractivity contribution in [2.24, 2.45) is 5.73 Å². The molecule has 3 aromatic carbocycles. The van der Waals surface area contributed by atoms with Crippen LogP contribution in [-0.4, -0.2) is 13.2 Å². The average molecular weight is 331 g/mol. The van der Waals surface area contributed by atoms with E-state index in [1.807, 2.05) is 18.2 Å². The third-order valence-corrected chi connectivity index (χ3v) is 4.46. The summed E-state index contributed by atoms with van der Waals surface area (Å²) >= 11 is 0. The van der Waals surface area contributed by atoms with E-state index in [1.165, 1.54) is 0 Å². The Hall–Kier alpha value is -2.42. The molecule has 0 aliphatic carbocycles. The summed E-state index contributed by atoms with van der Waals surface area (Å²) < 4.78 is 6.63. The van der Waals surface area contributed by atoms with Crippen molar-refractivity contribution < 1.29 is 4.74 Å². The fraction of sp³-hybridized carbons (Fsp3) is 0.217. The zero-order chi connectivity index (χ0) is 17.4. The Morgan fingerprint density at radius 2 is 1.00 bits per heavy atom. The Labute approximate surface area is 150 Å². The van der Waals surface area contributed by atoms with Gasteiger partial charge in [0.1, 0.15) is 5.60 Å². The molecule has 0 unspecified atom stereocenters. The molecule has 0 aliphatic heterocycles. The molecule has 0 saturated carbocycles. The Bertz CT molecular complexity index is 644. The summed E-state index contributed by atoms with van der Waals surface area (Å²) in [4.78, 5) is 0. The average Bonchev–Trinajstić information content (AvgIpc) is 2.70. The highest BCUT2D eigenvalue weighted by molar-refractivity contribution is 5.47. The molecule has 128 valence electrons. The van der Waals surface area contributed by atoms with Gasteiger partial charge in [-0.25, -0.2) is 0 Å². The number of hydrogen-bond acceptors (Lipinski definition) is 2. The minimum atomic E-state index is -0.613. The predicted octanol–water partition coefficient (Wildman–Crippen LogP) is 4.73. The molecule has 2 heteroatoms. The molecular formula is C23H25NO. The van der Waals surface area contributed by atoms with Crippen molar-refractivity contribution in [1.82, 2.24) is 0 Å². The number of ether oxygens (including phenoxy) is 1. The second-order valence-corrected chi connectivity index (χ2v) is 6.12. The van der Waals surface area contributed by atoms with Crippen LogP contribution in [0.3, 0.4) is 0 Å². The molecule has 0 fully saturated rings. The first-order valence-corrected chi connectivity index (χ1v) is 8.88. The van der Waals surface area contributed by atoms with Crippen molar-refractivity contribution in [3.63, 3.8) is 0 Å². The van der Waals surface area contributed by atoms with E-state index in [0.29, 0.717) is 13.2 Å². The Morgan fingerprint density at radius 3 is 1.36 bits per heavy atom. The molecule has 3 aromatic rings. The fourth-order valence-electron chi connectivity index (χ4n) is 3.24. The molecule has 2 nitrogen and oxygen atoms in total. The summed E-state index contributed by atoms with van der Waals surface area (Å²) in [6.45, 7) is 1.36. The van der Waals surface area contributed by atoms with E-state index in [2.05, 4.69) is 72.8 Å². The summed E-state index contributed by atoms with van der Waals surface area (Å²) in [7, 11) is 0. The van der Waals surface area contributed by atoms with E-state index in [0.717, 1.165) is 29.5 Å². The van der Waals surface area contributed by atoms with Gasteiger partial charge in [-0.15, -0.1) is 0 Å². The smallest absolute Gasteiger partial charge is 0.143 e. The van der Waals surface area contributed by atoms with Crippen LogP contribution in [0, 0.1) is 0 Å². The van der Waals surface area contributed by atoms with Crippen LogP contribution in [0.2, 0.25) is 0 Å². The number of unbranched alkanes of at least 4 members (excludes halogenated alkanes) is 1. The summed E-state index contributed by atoms with van der Waals surface area (Å²) in [5.41, 5.74) is 8.46. The third kappa shape index (κ3) is 3.81. The van der Waals surface area contributed by atoms with E-state index in [4.69, 9.17) is 10.5 Å². The maximum absolute atomic E-state index is 6.63. The third-order valence-electron chi connectivity index (χ3n) is 4.46. The lowest BCUT2D eigenvalue weighted by Crippen LogP contribution is -2.33. The zero-order valence-corrected chi connectivity index (χ0v) is 14.5. The molecule has 3 rings (SSSR count). The van der Waals surface area contributed by atoms with Crippen molar-refractivity contribution in [3.05, 3.63) is 108 Å². The highest BCUT2D eigenvalue weighted by Gasteiger charge is 2.37. The maximum atomic E-state index is 6.63. The van der Waals surface area contributed by atoms with Gasteiger partial charge in [0, 0.05) is 6.61 Å². The van der Waals surface area contributed by atoms with Crippen LogP contribution in [0.1, 0.15) is 29.5 Å². The zero-order valence-electron chi connectivity index (χ0n) is 14.5. The van der Waals surface area contributed by atoms with Crippen molar-refractivity contribution in [3.8, 4) is 0 Å². The van der Waals surface area contributed by atoms with Crippen LogP contribution >= 0.6 is 0 Å². The molecule has 0 saturated heterocycles. The van der Waals surface area contributed by atoms with Crippen LogP contribution < -0.4 is 5.73 Å². The van der Waals surface area contributed by atoms with Gasteiger partial charge in [0.2, 0.25) is 0 Å². The minimum Gasteiger partial charge on any atom is -0.361 e. The second kappa shape index (κ2) is 8.61. The van der Waals surface area contributed by atoms with E-state index >= 15 is 0 Å². The van der Waals surface area contributed by atoms with Crippen LogP contribution in [0.25, 0.3) is 0 Å². The van der Waals surface area contributed by atoms with E-state index < -0.39 is 5.60 Å². The van der Waals surface area contributed by atoms with Gasteiger partial charge in [0.15, 0.2) is 0 Å². The van der Waals surface area contributed by atoms with Gasteiger partial charge < -0.3 is 10.5 Å². The molecular weight excluding hydrogens is 306 g/mol. The Kier molecular flexibility index (Phi) is 5.99. The summed E-state index contributed by atoms with van der Waals surface area (Å²) in [5.74, 6) is 0. The van der Waals surface area contributed by atoms with Crippen molar-refractivity contribution in [2.75, 3.05) is 13.2 Å². The number of hydrogen-bond donors (Lipinski definition) is 1. The molecule has 2 N–H and O–H groups in total. The first-order chi connectivity index (χ1) is 12.4. The molecule has 0 radical (unpaired) electrons. The molecule has 0 amide bonds. The monoisotopic (exact) mass is 331 g/mol. The molecule has 0 atom stereocenters. The van der Waals surface area contributed by atoms with Gasteiger partial charge >= 0.3 is 0 Å². The van der Waals surface area contributed by atoms with Gasteiger partial charge in [0.25, 0.3) is 0 Å². The number of rotatable bonds is 8. The topological polar surface area (TPSA) is 35.2 Å². The molecule has 0 aromatic heterocycles. The van der Waals surface area contributed by atoms with Crippen molar-refractivity contribution >= 4 is 0 Å². The predicted molar refractivity (Wildman–Crippen MR) is 103 cm³/mol. The van der Waals surface area contributed by atoms with Crippen LogP contribution in [-0.2, 0) is 10.3 Å². The summed E-state index contributed by atoms with van der Waals surface area (Å²) in [6.07, 6.45) is 1.92. The van der Waals surface area contributed by atoms with Gasteiger partial charge in [-0.3, -0.25) is 0 Å². The van der Waals surface area contributed by atoms with Gasteiger partial charge in [0.05, 0.1) is 0 Å². The largest absolute Gasteiger partial charge is 0.361 e. The van der Waals surface area contributed by atoms with E-state index in [-0.39, 0.29) is 0 Å². The van der Waals surface area contributed by atoms with E-state index in [9.17, 15) is 0 Å². The van der Waals surface area contributed by atoms with Gasteiger partial charge in [-0.05, 0) is 36.1 Å². The molecule has 0 spiro atoms. The highest BCUT2D eigenvalue weighted by atomic mass is 16.5. The van der Waals surface area contributed by atoms with Gasteiger partial charge in [-0.2, -0.15) is 0 Å². The van der Waals surface area contributed by atoms with E-state index in [1.54, 1.807) is 0 Å². The molecule has 0 aliphatic rings. The quantitative estimate of drug-likeness (QED) is 0.478. The number of nitrogens with two attached hydrogens (primary N) is 1. The Morgan fingerprint density at radius 1 is 0.600 bits per heavy atom. The lowest BCUT2D eigenvalue weighted by atomic mass is 9.80. The lowest BCUT2D eigenvalue weighted by Gasteiger charge is -2.36. The Balaban J connectivity index is 2.13.